The average Bonchev–Trinajstić information content (AvgIpc) is 2.26. The Balaban J connectivity index is 0.00000361. The summed E-state index contributed by atoms with van der Waals surface area (Å²) in [4.78, 5) is 0. The molecule has 1 unspecified atom stereocenters. The van der Waals surface area contributed by atoms with Gasteiger partial charge in [-0.25, -0.2) is 0 Å². The second kappa shape index (κ2) is 8.39. The summed E-state index contributed by atoms with van der Waals surface area (Å²) < 4.78 is 23.3. The molecule has 0 aromatic rings. The Bertz CT molecular complexity index is 454. The Morgan fingerprint density at radius 2 is 2.05 bits per heavy atom. The molecule has 0 amide bonds. The van der Waals surface area contributed by atoms with Gasteiger partial charge in [-0.15, -0.1) is 0 Å². The first-order valence-electron chi connectivity index (χ1n) is 6.84. The van der Waals surface area contributed by atoms with Crippen LogP contribution < -0.4 is 0 Å². The zero-order valence-electron chi connectivity index (χ0n) is 13.4. The van der Waals surface area contributed by atoms with Crippen molar-refractivity contribution in [2.75, 3.05) is 6.61 Å². The standard InChI is InChI=1S/C15H25O3S.Al.2H/c1-11(7-9-16)10-13(19(17)18)14-12(2)6-5-8-15(14,3)4;;;/h7,13,16H,5-6,8-10H2,1-4H3;;;/q-1;+1;;/b11-7+;;;. The molecular formula is C15H27AlO3S. The topological polar surface area (TPSA) is 54.4 Å². The Labute approximate surface area is 135 Å². The van der Waals surface area contributed by atoms with Crippen molar-refractivity contribution >= 4 is 28.1 Å². The van der Waals surface area contributed by atoms with Crippen LogP contribution in [0.4, 0.5) is 0 Å². The van der Waals surface area contributed by atoms with Gasteiger partial charge in [-0.05, 0) is 50.2 Å². The first-order chi connectivity index (χ1) is 8.79. The van der Waals surface area contributed by atoms with Gasteiger partial charge in [-0.3, -0.25) is 0 Å². The second-order valence-electron chi connectivity index (χ2n) is 6.12. The minimum absolute atomic E-state index is 0. The molecular weight excluding hydrogens is 287 g/mol. The van der Waals surface area contributed by atoms with Crippen molar-refractivity contribution in [1.82, 2.24) is 0 Å². The van der Waals surface area contributed by atoms with Crippen LogP contribution in [0, 0.1) is 5.41 Å². The summed E-state index contributed by atoms with van der Waals surface area (Å²) in [6, 6.07) is 0. The Morgan fingerprint density at radius 3 is 2.50 bits per heavy atom. The van der Waals surface area contributed by atoms with Crippen LogP contribution in [-0.2, 0) is 19.1 Å². The molecule has 1 N–H and O–H groups in total. The minimum atomic E-state index is -2.12. The van der Waals surface area contributed by atoms with Crippen LogP contribution in [0.3, 0.4) is 0 Å². The van der Waals surface area contributed by atoms with Gasteiger partial charge in [-0.1, -0.05) is 47.3 Å². The van der Waals surface area contributed by atoms with Crippen LogP contribution in [0.1, 0.15) is 53.4 Å². The fourth-order valence-corrected chi connectivity index (χ4v) is 4.26. The molecule has 1 aliphatic rings. The predicted octanol–water partition coefficient (Wildman–Crippen LogP) is 2.60. The summed E-state index contributed by atoms with van der Waals surface area (Å²) in [5.41, 5.74) is 3.19. The summed E-state index contributed by atoms with van der Waals surface area (Å²) in [7, 11) is -2.12. The molecule has 0 aromatic heterocycles. The molecule has 0 spiro atoms. The molecule has 1 rings (SSSR count). The molecule has 0 saturated carbocycles. The predicted molar refractivity (Wildman–Crippen MR) is 86.9 cm³/mol. The maximum atomic E-state index is 11.6. The molecule has 114 valence electrons. The summed E-state index contributed by atoms with van der Waals surface area (Å²) in [6.07, 6.45) is 5.33. The van der Waals surface area contributed by atoms with Crippen LogP contribution in [0.2, 0.25) is 0 Å². The summed E-state index contributed by atoms with van der Waals surface area (Å²) >= 11 is 0. The molecule has 1 atom stereocenters. The molecule has 0 aromatic carbocycles. The van der Waals surface area contributed by atoms with Gasteiger partial charge in [0.15, 0.2) is 0 Å². The number of rotatable bonds is 5. The third-order valence-corrected chi connectivity index (χ3v) is 4.91. The van der Waals surface area contributed by atoms with Crippen LogP contribution in [0.15, 0.2) is 22.8 Å². The van der Waals surface area contributed by atoms with Gasteiger partial charge in [0.25, 0.3) is 0 Å². The summed E-state index contributed by atoms with van der Waals surface area (Å²) in [6.45, 7) is 8.17. The fraction of sp³-hybridized carbons (Fsp3) is 0.733. The first-order valence-corrected chi connectivity index (χ1v) is 7.98. The average molecular weight is 314 g/mol. The van der Waals surface area contributed by atoms with E-state index in [4.69, 9.17) is 5.11 Å². The fourth-order valence-electron chi connectivity index (χ4n) is 3.15. The monoisotopic (exact) mass is 314 g/mol. The molecule has 0 bridgehead atoms. The van der Waals surface area contributed by atoms with E-state index in [1.807, 2.05) is 6.92 Å². The van der Waals surface area contributed by atoms with Gasteiger partial charge >= 0.3 is 17.4 Å². The van der Waals surface area contributed by atoms with E-state index < -0.39 is 16.0 Å². The Hall–Kier alpha value is -0.0775. The van der Waals surface area contributed by atoms with Gasteiger partial charge < -0.3 is 13.5 Å². The molecule has 3 nitrogen and oxygen atoms in total. The molecule has 0 heterocycles. The van der Waals surface area contributed by atoms with Crippen LogP contribution in [0.5, 0.6) is 0 Å². The van der Waals surface area contributed by atoms with Crippen molar-refractivity contribution in [2.24, 2.45) is 5.41 Å². The van der Waals surface area contributed by atoms with E-state index in [-0.39, 0.29) is 29.4 Å². The van der Waals surface area contributed by atoms with E-state index in [9.17, 15) is 8.42 Å². The van der Waals surface area contributed by atoms with Gasteiger partial charge in [0.2, 0.25) is 0 Å². The summed E-state index contributed by atoms with van der Waals surface area (Å²) in [5, 5.41) is 8.45. The number of aliphatic hydroxyl groups is 1. The van der Waals surface area contributed by atoms with Gasteiger partial charge in [0.05, 0.1) is 6.61 Å². The molecule has 0 aliphatic heterocycles. The number of hydrogen-bond acceptors (Lipinski definition) is 4. The zero-order chi connectivity index (χ0) is 14.6. The quantitative estimate of drug-likeness (QED) is 0.482. The number of hydrogen-bond donors (Lipinski definition) is 1. The number of aliphatic hydroxyl groups excluding tert-OH is 1. The van der Waals surface area contributed by atoms with Crippen LogP contribution in [-0.4, -0.2) is 34.3 Å². The van der Waals surface area contributed by atoms with Crippen molar-refractivity contribution in [2.45, 2.75) is 58.6 Å². The molecule has 1 aliphatic carbocycles. The van der Waals surface area contributed by atoms with Crippen molar-refractivity contribution in [1.29, 1.82) is 0 Å². The molecule has 0 fully saturated rings. The van der Waals surface area contributed by atoms with Gasteiger partial charge in [0, 0.05) is 0 Å². The van der Waals surface area contributed by atoms with E-state index in [1.165, 1.54) is 5.57 Å². The molecule has 5 heteroatoms. The Morgan fingerprint density at radius 1 is 1.45 bits per heavy atom. The SMILES string of the molecule is CC1=C(C(C/C(C)=C/CO)[S-](=O)=O)C(C)(C)CCC1.[AlH2+]. The van der Waals surface area contributed by atoms with Gasteiger partial charge in [0.1, 0.15) is 0 Å². The van der Waals surface area contributed by atoms with E-state index in [0.717, 1.165) is 30.4 Å². The van der Waals surface area contributed by atoms with Crippen LogP contribution in [0.25, 0.3) is 0 Å². The second-order valence-corrected chi connectivity index (χ2v) is 7.21. The van der Waals surface area contributed by atoms with Gasteiger partial charge in [-0.2, -0.15) is 0 Å². The van der Waals surface area contributed by atoms with Crippen molar-refractivity contribution < 1.29 is 13.5 Å². The molecule has 20 heavy (non-hydrogen) atoms. The number of allylic oxidation sites excluding steroid dienone is 2. The molecule has 0 radical (unpaired) electrons. The maximum absolute atomic E-state index is 11.6. The van der Waals surface area contributed by atoms with Crippen molar-refractivity contribution in [3.63, 3.8) is 0 Å². The first kappa shape index (κ1) is 19.9. The van der Waals surface area contributed by atoms with E-state index in [2.05, 4.69) is 20.8 Å². The van der Waals surface area contributed by atoms with E-state index in [0.29, 0.717) is 6.42 Å². The molecule has 0 saturated heterocycles. The van der Waals surface area contributed by atoms with Crippen molar-refractivity contribution in [3.8, 4) is 0 Å². The normalized spacial score (nSPS) is 20.8. The third kappa shape index (κ3) is 5.04. The third-order valence-electron chi connectivity index (χ3n) is 4.04. The Kier molecular flexibility index (Phi) is 8.35. The van der Waals surface area contributed by atoms with E-state index in [1.54, 1.807) is 6.08 Å². The van der Waals surface area contributed by atoms with E-state index >= 15 is 0 Å². The zero-order valence-corrected chi connectivity index (χ0v) is 16.2. The van der Waals surface area contributed by atoms with Crippen LogP contribution >= 0.6 is 0 Å². The van der Waals surface area contributed by atoms with Crippen molar-refractivity contribution in [3.05, 3.63) is 22.8 Å². The summed E-state index contributed by atoms with van der Waals surface area (Å²) in [5.74, 6) is 0.